The van der Waals surface area contributed by atoms with Crippen molar-refractivity contribution in [3.8, 4) is 0 Å². The molecule has 1 aliphatic heterocycles. The Hall–Kier alpha value is -0.860. The smallest absolute Gasteiger partial charge is 0.0719 e. The Bertz CT molecular complexity index is 311. The van der Waals surface area contributed by atoms with E-state index in [1.807, 2.05) is 7.05 Å². The molecule has 0 bridgehead atoms. The Labute approximate surface area is 85.3 Å². The SMILES string of the molecule is CNC(C)C1COCc2ccccc21. The second-order valence-corrected chi connectivity index (χ2v) is 3.90. The molecule has 0 saturated carbocycles. The van der Waals surface area contributed by atoms with Gasteiger partial charge in [0.25, 0.3) is 0 Å². The van der Waals surface area contributed by atoms with Gasteiger partial charge in [-0.1, -0.05) is 24.3 Å². The van der Waals surface area contributed by atoms with Crippen molar-refractivity contribution >= 4 is 0 Å². The summed E-state index contributed by atoms with van der Waals surface area (Å²) in [6.07, 6.45) is 0. The van der Waals surface area contributed by atoms with E-state index in [4.69, 9.17) is 4.74 Å². The van der Waals surface area contributed by atoms with E-state index < -0.39 is 0 Å². The zero-order valence-electron chi connectivity index (χ0n) is 8.79. The fraction of sp³-hybridized carbons (Fsp3) is 0.500. The molecule has 14 heavy (non-hydrogen) atoms. The summed E-state index contributed by atoms with van der Waals surface area (Å²) in [4.78, 5) is 0. The number of ether oxygens (including phenoxy) is 1. The van der Waals surface area contributed by atoms with E-state index in [1.54, 1.807) is 0 Å². The van der Waals surface area contributed by atoms with Crippen LogP contribution in [0.15, 0.2) is 24.3 Å². The Morgan fingerprint density at radius 3 is 3.00 bits per heavy atom. The number of benzene rings is 1. The predicted octanol–water partition coefficient (Wildman–Crippen LogP) is 1.91. The number of hydrogen-bond donors (Lipinski definition) is 1. The van der Waals surface area contributed by atoms with Crippen molar-refractivity contribution in [2.24, 2.45) is 0 Å². The van der Waals surface area contributed by atoms with Crippen LogP contribution in [0.1, 0.15) is 24.0 Å². The van der Waals surface area contributed by atoms with Crippen LogP contribution in [-0.2, 0) is 11.3 Å². The molecule has 1 aromatic carbocycles. The van der Waals surface area contributed by atoms with Gasteiger partial charge in [0.2, 0.25) is 0 Å². The normalized spacial score (nSPS) is 22.9. The molecule has 0 spiro atoms. The van der Waals surface area contributed by atoms with Gasteiger partial charge in [0.15, 0.2) is 0 Å². The number of rotatable bonds is 2. The number of nitrogens with one attached hydrogen (secondary N) is 1. The third kappa shape index (κ3) is 1.68. The second kappa shape index (κ2) is 4.11. The maximum Gasteiger partial charge on any atom is 0.0719 e. The zero-order chi connectivity index (χ0) is 9.97. The number of hydrogen-bond acceptors (Lipinski definition) is 2. The van der Waals surface area contributed by atoms with Gasteiger partial charge in [0, 0.05) is 12.0 Å². The Kier molecular flexibility index (Phi) is 2.85. The van der Waals surface area contributed by atoms with Gasteiger partial charge in [-0.15, -0.1) is 0 Å². The average molecular weight is 191 g/mol. The maximum absolute atomic E-state index is 5.59. The van der Waals surface area contributed by atoms with Crippen molar-refractivity contribution in [3.05, 3.63) is 35.4 Å². The molecule has 1 aromatic rings. The van der Waals surface area contributed by atoms with Crippen LogP contribution in [0.2, 0.25) is 0 Å². The van der Waals surface area contributed by atoms with Crippen molar-refractivity contribution in [3.63, 3.8) is 0 Å². The minimum absolute atomic E-state index is 0.469. The van der Waals surface area contributed by atoms with E-state index in [9.17, 15) is 0 Å². The van der Waals surface area contributed by atoms with Gasteiger partial charge >= 0.3 is 0 Å². The molecule has 76 valence electrons. The zero-order valence-corrected chi connectivity index (χ0v) is 8.79. The molecule has 0 aromatic heterocycles. The molecule has 0 aliphatic carbocycles. The maximum atomic E-state index is 5.59. The summed E-state index contributed by atoms with van der Waals surface area (Å²) < 4.78 is 5.59. The highest BCUT2D eigenvalue weighted by Gasteiger charge is 2.24. The molecule has 2 atom stereocenters. The lowest BCUT2D eigenvalue weighted by Crippen LogP contribution is -2.34. The second-order valence-electron chi connectivity index (χ2n) is 3.90. The lowest BCUT2D eigenvalue weighted by molar-refractivity contribution is 0.0829. The largest absolute Gasteiger partial charge is 0.376 e. The fourth-order valence-electron chi connectivity index (χ4n) is 2.03. The molecule has 1 N–H and O–H groups in total. The molecule has 0 amide bonds. The van der Waals surface area contributed by atoms with Crippen molar-refractivity contribution < 1.29 is 4.74 Å². The van der Waals surface area contributed by atoms with Gasteiger partial charge in [0.1, 0.15) is 0 Å². The van der Waals surface area contributed by atoms with Crippen LogP contribution in [0.25, 0.3) is 0 Å². The van der Waals surface area contributed by atoms with E-state index in [2.05, 4.69) is 36.5 Å². The molecule has 1 heterocycles. The van der Waals surface area contributed by atoms with Crippen LogP contribution >= 0.6 is 0 Å². The highest BCUT2D eigenvalue weighted by atomic mass is 16.5. The summed E-state index contributed by atoms with van der Waals surface area (Å²) in [6, 6.07) is 9.03. The van der Waals surface area contributed by atoms with Crippen LogP contribution in [0.3, 0.4) is 0 Å². The third-order valence-electron chi connectivity index (χ3n) is 3.07. The van der Waals surface area contributed by atoms with E-state index in [-0.39, 0.29) is 0 Å². The van der Waals surface area contributed by atoms with Crippen LogP contribution < -0.4 is 5.32 Å². The molecule has 0 fully saturated rings. The highest BCUT2D eigenvalue weighted by molar-refractivity contribution is 5.32. The average Bonchev–Trinajstić information content (AvgIpc) is 2.27. The Morgan fingerprint density at radius 2 is 2.21 bits per heavy atom. The van der Waals surface area contributed by atoms with Crippen molar-refractivity contribution in [1.82, 2.24) is 5.32 Å². The third-order valence-corrected chi connectivity index (χ3v) is 3.07. The van der Waals surface area contributed by atoms with E-state index in [1.165, 1.54) is 11.1 Å². The van der Waals surface area contributed by atoms with E-state index in [0.29, 0.717) is 12.0 Å². The lowest BCUT2D eigenvalue weighted by Gasteiger charge is -2.30. The van der Waals surface area contributed by atoms with Crippen molar-refractivity contribution in [1.29, 1.82) is 0 Å². The van der Waals surface area contributed by atoms with Gasteiger partial charge in [-0.3, -0.25) is 0 Å². The first-order valence-electron chi connectivity index (χ1n) is 5.15. The summed E-state index contributed by atoms with van der Waals surface area (Å²) in [5, 5.41) is 3.30. The molecule has 2 rings (SSSR count). The molecule has 2 unspecified atom stereocenters. The lowest BCUT2D eigenvalue weighted by atomic mass is 9.88. The minimum Gasteiger partial charge on any atom is -0.376 e. The van der Waals surface area contributed by atoms with Crippen LogP contribution in [0.5, 0.6) is 0 Å². The monoisotopic (exact) mass is 191 g/mol. The van der Waals surface area contributed by atoms with Crippen LogP contribution in [-0.4, -0.2) is 19.7 Å². The minimum atomic E-state index is 0.469. The predicted molar refractivity (Wildman–Crippen MR) is 57.4 cm³/mol. The molecular weight excluding hydrogens is 174 g/mol. The summed E-state index contributed by atoms with van der Waals surface area (Å²) in [5.74, 6) is 0.491. The molecular formula is C12H17NO. The quantitative estimate of drug-likeness (QED) is 0.771. The summed E-state index contributed by atoms with van der Waals surface area (Å²) in [5.41, 5.74) is 2.78. The van der Waals surface area contributed by atoms with Crippen LogP contribution in [0, 0.1) is 0 Å². The van der Waals surface area contributed by atoms with Gasteiger partial charge in [-0.05, 0) is 25.1 Å². The van der Waals surface area contributed by atoms with E-state index in [0.717, 1.165) is 13.2 Å². The Balaban J connectivity index is 2.30. The van der Waals surface area contributed by atoms with Crippen molar-refractivity contribution in [2.75, 3.05) is 13.7 Å². The van der Waals surface area contributed by atoms with Crippen LogP contribution in [0.4, 0.5) is 0 Å². The Morgan fingerprint density at radius 1 is 1.43 bits per heavy atom. The summed E-state index contributed by atoms with van der Waals surface area (Å²) >= 11 is 0. The number of fused-ring (bicyclic) bond motifs is 1. The standard InChI is InChI=1S/C12H17NO/c1-9(13-2)12-8-14-7-10-5-3-4-6-11(10)12/h3-6,9,12-13H,7-8H2,1-2H3. The summed E-state index contributed by atoms with van der Waals surface area (Å²) in [7, 11) is 2.00. The van der Waals surface area contributed by atoms with Gasteiger partial charge in [-0.2, -0.15) is 0 Å². The first-order valence-corrected chi connectivity index (χ1v) is 5.15. The number of likely N-dealkylation sites (N-methyl/N-ethyl adjacent to an activating group) is 1. The van der Waals surface area contributed by atoms with Gasteiger partial charge < -0.3 is 10.1 Å². The molecule has 0 saturated heterocycles. The molecule has 2 heteroatoms. The first kappa shape index (κ1) is 9.69. The van der Waals surface area contributed by atoms with E-state index >= 15 is 0 Å². The molecule has 0 radical (unpaired) electrons. The summed E-state index contributed by atoms with van der Waals surface area (Å²) in [6.45, 7) is 3.80. The fourth-order valence-corrected chi connectivity index (χ4v) is 2.03. The first-order chi connectivity index (χ1) is 6.83. The van der Waals surface area contributed by atoms with Gasteiger partial charge in [0.05, 0.1) is 13.2 Å². The topological polar surface area (TPSA) is 21.3 Å². The molecule has 2 nitrogen and oxygen atoms in total. The van der Waals surface area contributed by atoms with Crippen molar-refractivity contribution in [2.45, 2.75) is 25.5 Å². The highest BCUT2D eigenvalue weighted by Crippen LogP contribution is 2.28. The van der Waals surface area contributed by atoms with Gasteiger partial charge in [-0.25, -0.2) is 0 Å². The molecule has 1 aliphatic rings.